The number of hydrogen-bond acceptors (Lipinski definition) is 10. The number of ether oxygens (including phenoxy) is 3. The molecule has 0 aromatic carbocycles. The number of esters is 1. The Morgan fingerprint density at radius 3 is 1.19 bits per heavy atom. The molecule has 6 N–H and O–H groups in total. The summed E-state index contributed by atoms with van der Waals surface area (Å²) in [6.45, 7) is 5.82. The first-order valence-corrected chi connectivity index (χ1v) is 37.9. The van der Waals surface area contributed by atoms with Crippen molar-refractivity contribution in [1.29, 1.82) is 0 Å². The maximum absolute atomic E-state index is 13.5. The lowest BCUT2D eigenvalue weighted by molar-refractivity contribution is -0.305. The molecule has 1 heterocycles. The Bertz CT molecular complexity index is 1620. The summed E-state index contributed by atoms with van der Waals surface area (Å²) in [7, 11) is 0. The van der Waals surface area contributed by atoms with Gasteiger partial charge in [-0.25, -0.2) is 0 Å². The van der Waals surface area contributed by atoms with Gasteiger partial charge in [-0.15, -0.1) is 0 Å². The first-order valence-electron chi connectivity index (χ1n) is 37.9. The number of aliphatic hydroxyl groups excluding tert-OH is 5. The van der Waals surface area contributed by atoms with Gasteiger partial charge in [-0.3, -0.25) is 9.59 Å². The number of unbranched alkanes of at least 4 members (excludes halogenated alkanes) is 46. The number of allylic oxidation sites excluding steroid dienone is 7. The van der Waals surface area contributed by atoms with Gasteiger partial charge in [-0.2, -0.15) is 0 Å². The molecule has 8 atom stereocenters. The fraction of sp³-hybridized carbons (Fsp3) is 0.870. The molecule has 1 aliphatic heterocycles. The summed E-state index contributed by atoms with van der Waals surface area (Å²) in [4.78, 5) is 26.7. The maximum Gasteiger partial charge on any atom is 0.306 e. The molecule has 516 valence electrons. The van der Waals surface area contributed by atoms with E-state index in [1.54, 1.807) is 6.08 Å². The van der Waals surface area contributed by atoms with Crippen LogP contribution in [0.1, 0.15) is 367 Å². The predicted molar refractivity (Wildman–Crippen MR) is 370 cm³/mol. The summed E-state index contributed by atoms with van der Waals surface area (Å²) in [6.07, 6.45) is 71.6. The van der Waals surface area contributed by atoms with Gasteiger partial charge in [0.05, 0.1) is 25.4 Å². The van der Waals surface area contributed by atoms with Crippen LogP contribution in [-0.4, -0.2) is 99.6 Å². The lowest BCUT2D eigenvalue weighted by Gasteiger charge is -2.41. The minimum Gasteiger partial charge on any atom is -0.454 e. The third-order valence-corrected chi connectivity index (χ3v) is 18.0. The van der Waals surface area contributed by atoms with Crippen molar-refractivity contribution in [2.45, 2.75) is 416 Å². The van der Waals surface area contributed by atoms with Crippen molar-refractivity contribution in [3.05, 3.63) is 48.6 Å². The van der Waals surface area contributed by atoms with Gasteiger partial charge in [-0.1, -0.05) is 326 Å². The Balaban J connectivity index is 2.51. The van der Waals surface area contributed by atoms with E-state index in [2.05, 4.69) is 62.5 Å². The van der Waals surface area contributed by atoms with E-state index < -0.39 is 67.4 Å². The van der Waals surface area contributed by atoms with Gasteiger partial charge in [0.15, 0.2) is 12.4 Å². The predicted octanol–water partition coefficient (Wildman–Crippen LogP) is 19.9. The Hall–Kier alpha value is -2.38. The number of aliphatic hydroxyl groups is 5. The van der Waals surface area contributed by atoms with Crippen LogP contribution >= 0.6 is 0 Å². The number of carbonyl (C=O) groups is 2. The minimum atomic E-state index is -1.61. The molecule has 11 nitrogen and oxygen atoms in total. The molecule has 8 unspecified atom stereocenters. The molecule has 1 amide bonds. The summed E-state index contributed by atoms with van der Waals surface area (Å²) in [5.74, 6) is -1.18. The second-order valence-electron chi connectivity index (χ2n) is 26.4. The molecular weight excluding hydrogens is 1100 g/mol. The molecular formula is C77H143NO10. The van der Waals surface area contributed by atoms with Crippen molar-refractivity contribution < 1.29 is 49.3 Å². The Labute approximate surface area is 542 Å². The molecule has 0 saturated carbocycles. The highest BCUT2D eigenvalue weighted by atomic mass is 16.7. The van der Waals surface area contributed by atoms with Crippen molar-refractivity contribution >= 4 is 11.9 Å². The van der Waals surface area contributed by atoms with Gasteiger partial charge in [0, 0.05) is 6.42 Å². The van der Waals surface area contributed by atoms with E-state index in [4.69, 9.17) is 14.2 Å². The third-order valence-electron chi connectivity index (χ3n) is 18.0. The Kier molecular flexibility index (Phi) is 61.5. The van der Waals surface area contributed by atoms with Gasteiger partial charge in [0.1, 0.15) is 24.4 Å². The summed E-state index contributed by atoms with van der Waals surface area (Å²) in [5.41, 5.74) is 0. The molecule has 0 bridgehead atoms. The van der Waals surface area contributed by atoms with E-state index in [-0.39, 0.29) is 13.0 Å². The second-order valence-corrected chi connectivity index (χ2v) is 26.4. The molecule has 11 heteroatoms. The van der Waals surface area contributed by atoms with Crippen LogP contribution in [0.2, 0.25) is 0 Å². The molecule has 0 spiro atoms. The monoisotopic (exact) mass is 1240 g/mol. The van der Waals surface area contributed by atoms with Crippen LogP contribution in [0.25, 0.3) is 0 Å². The van der Waals surface area contributed by atoms with E-state index in [1.165, 1.54) is 250 Å². The molecule has 1 saturated heterocycles. The topological polar surface area (TPSA) is 175 Å². The lowest BCUT2D eigenvalue weighted by Crippen LogP contribution is -2.61. The molecule has 0 aromatic heterocycles. The Morgan fingerprint density at radius 1 is 0.443 bits per heavy atom. The smallest absolute Gasteiger partial charge is 0.306 e. The van der Waals surface area contributed by atoms with Gasteiger partial charge in [-0.05, 0) is 83.5 Å². The van der Waals surface area contributed by atoms with Crippen molar-refractivity contribution in [2.24, 2.45) is 0 Å². The third kappa shape index (κ3) is 51.2. The van der Waals surface area contributed by atoms with Crippen molar-refractivity contribution in [3.63, 3.8) is 0 Å². The fourth-order valence-electron chi connectivity index (χ4n) is 12.0. The van der Waals surface area contributed by atoms with Crippen LogP contribution in [0.3, 0.4) is 0 Å². The SMILES string of the molecule is CCCCC/C=C\C/C=C\CCCCCCCCCCCCC(O)C(=O)NC(COC1OC(CO)C(O)C(O)C1OC(=O)CCCCCCCCCCCCCCCCCCC/C=C/CCCCCCCC)C(O)/C=C/CCCCCCCCCCCC. The zero-order chi connectivity index (χ0) is 63.9. The summed E-state index contributed by atoms with van der Waals surface area (Å²) in [6, 6.07) is -1.02. The fourth-order valence-corrected chi connectivity index (χ4v) is 12.0. The number of carbonyl (C=O) groups excluding carboxylic acids is 2. The molecule has 1 fully saturated rings. The maximum atomic E-state index is 13.5. The molecule has 0 radical (unpaired) electrons. The number of amides is 1. The van der Waals surface area contributed by atoms with Crippen LogP contribution in [0.5, 0.6) is 0 Å². The standard InChI is InChI=1S/C77H143NO10/c1-4-7-10-13-16-19-22-25-27-29-31-33-34-35-36-37-38-39-41-43-45-47-50-53-56-59-62-65-72(82)88-75-74(84)73(83)71(66-79)87-77(75)86-67-68(69(80)63-60-57-54-51-48-24-21-18-15-12-9-6-3)78-76(85)70(81)64-61-58-55-52-49-46-44-42-40-32-30-28-26-23-20-17-14-11-8-5-2/h17,20,25-28,60,63,68-71,73-75,77,79-81,83-84H,4-16,18-19,21-24,29-59,61-62,64-67H2,1-3H3,(H,78,85)/b20-17-,27-25+,28-26-,63-60+. The lowest BCUT2D eigenvalue weighted by atomic mass is 9.99. The normalized spacial score (nSPS) is 18.4. The van der Waals surface area contributed by atoms with Crippen LogP contribution in [-0.2, 0) is 23.8 Å². The highest BCUT2D eigenvalue weighted by molar-refractivity contribution is 5.80. The molecule has 1 aliphatic rings. The van der Waals surface area contributed by atoms with Crippen molar-refractivity contribution in [2.75, 3.05) is 13.2 Å². The largest absolute Gasteiger partial charge is 0.454 e. The number of rotatable bonds is 66. The van der Waals surface area contributed by atoms with Gasteiger partial charge in [0.25, 0.3) is 0 Å². The van der Waals surface area contributed by atoms with E-state index in [9.17, 15) is 35.1 Å². The molecule has 0 aromatic rings. The van der Waals surface area contributed by atoms with Crippen LogP contribution < -0.4 is 5.32 Å². The quantitative estimate of drug-likeness (QED) is 0.0195. The summed E-state index contributed by atoms with van der Waals surface area (Å²) < 4.78 is 17.7. The van der Waals surface area contributed by atoms with Gasteiger partial charge in [0.2, 0.25) is 5.91 Å². The van der Waals surface area contributed by atoms with Gasteiger partial charge < -0.3 is 45.1 Å². The second kappa shape index (κ2) is 64.7. The first kappa shape index (κ1) is 83.6. The average molecular weight is 1240 g/mol. The first-order chi connectivity index (χ1) is 43.2. The zero-order valence-corrected chi connectivity index (χ0v) is 57.6. The van der Waals surface area contributed by atoms with Gasteiger partial charge >= 0.3 is 5.97 Å². The summed E-state index contributed by atoms with van der Waals surface area (Å²) >= 11 is 0. The Morgan fingerprint density at radius 2 is 0.784 bits per heavy atom. The number of nitrogens with one attached hydrogen (secondary N) is 1. The van der Waals surface area contributed by atoms with Crippen LogP contribution in [0.4, 0.5) is 0 Å². The van der Waals surface area contributed by atoms with Crippen molar-refractivity contribution in [3.8, 4) is 0 Å². The molecule has 88 heavy (non-hydrogen) atoms. The van der Waals surface area contributed by atoms with Crippen LogP contribution in [0.15, 0.2) is 48.6 Å². The van der Waals surface area contributed by atoms with Crippen molar-refractivity contribution in [1.82, 2.24) is 5.32 Å². The zero-order valence-electron chi connectivity index (χ0n) is 57.6. The van der Waals surface area contributed by atoms with E-state index >= 15 is 0 Å². The molecule has 1 rings (SSSR count). The van der Waals surface area contributed by atoms with E-state index in [0.29, 0.717) is 19.3 Å². The highest BCUT2D eigenvalue weighted by Gasteiger charge is 2.47. The summed E-state index contributed by atoms with van der Waals surface area (Å²) in [5, 5.41) is 57.3. The van der Waals surface area contributed by atoms with Crippen LogP contribution in [0, 0.1) is 0 Å². The minimum absolute atomic E-state index is 0.127. The van der Waals surface area contributed by atoms with E-state index in [0.717, 1.165) is 70.6 Å². The number of hydrogen-bond donors (Lipinski definition) is 6. The highest BCUT2D eigenvalue weighted by Crippen LogP contribution is 2.27. The average Bonchev–Trinajstić information content (AvgIpc) is 2.78. The van der Waals surface area contributed by atoms with E-state index in [1.807, 2.05) is 6.08 Å². The molecule has 0 aliphatic carbocycles.